The van der Waals surface area contributed by atoms with Crippen LogP contribution in [0.15, 0.2) is 71.6 Å². The van der Waals surface area contributed by atoms with E-state index in [-0.39, 0.29) is 29.0 Å². The van der Waals surface area contributed by atoms with Gasteiger partial charge in [0, 0.05) is 18.2 Å². The monoisotopic (exact) mass is 593 g/mol. The number of carbonyl (C=O) groups is 2. The maximum Gasteiger partial charge on any atom is 0.264 e. The van der Waals surface area contributed by atoms with Crippen LogP contribution < -0.4 is 9.62 Å². The van der Waals surface area contributed by atoms with Gasteiger partial charge in [0.2, 0.25) is 11.8 Å². The lowest BCUT2D eigenvalue weighted by Crippen LogP contribution is -2.53. The first kappa shape index (κ1) is 31.2. The van der Waals surface area contributed by atoms with Crippen molar-refractivity contribution >= 4 is 27.5 Å². The Morgan fingerprint density at radius 1 is 0.929 bits per heavy atom. The van der Waals surface area contributed by atoms with Crippen LogP contribution in [-0.2, 0) is 26.2 Å². The second-order valence-corrected chi connectivity index (χ2v) is 13.1. The number of sulfonamides is 1. The average Bonchev–Trinajstić information content (AvgIpc) is 2.97. The minimum atomic E-state index is -4.18. The summed E-state index contributed by atoms with van der Waals surface area (Å²) in [5.74, 6) is -1.46. The molecule has 2 amide bonds. The van der Waals surface area contributed by atoms with E-state index in [0.717, 1.165) is 47.5 Å². The van der Waals surface area contributed by atoms with Crippen molar-refractivity contribution in [3.05, 3.63) is 94.8 Å². The Bertz CT molecular complexity index is 1520. The van der Waals surface area contributed by atoms with Crippen molar-refractivity contribution in [3.63, 3.8) is 0 Å². The van der Waals surface area contributed by atoms with Gasteiger partial charge in [-0.1, -0.05) is 67.3 Å². The van der Waals surface area contributed by atoms with E-state index in [4.69, 9.17) is 0 Å². The third-order valence-corrected chi connectivity index (χ3v) is 9.71. The maximum absolute atomic E-state index is 14.8. The normalized spacial score (nSPS) is 14.7. The zero-order valence-corrected chi connectivity index (χ0v) is 25.6. The molecule has 0 bridgehead atoms. The summed E-state index contributed by atoms with van der Waals surface area (Å²) < 4.78 is 44.0. The molecule has 0 aromatic heterocycles. The number of nitrogens with zero attached hydrogens (tertiary/aromatic N) is 2. The van der Waals surface area contributed by atoms with Crippen molar-refractivity contribution in [2.75, 3.05) is 10.8 Å². The highest BCUT2D eigenvalue weighted by Gasteiger charge is 2.34. The molecule has 4 rings (SSSR count). The number of halogens is 1. The van der Waals surface area contributed by atoms with Crippen LogP contribution >= 0.6 is 0 Å². The van der Waals surface area contributed by atoms with Gasteiger partial charge in [-0.05, 0) is 75.9 Å². The molecule has 3 aromatic rings. The zero-order chi connectivity index (χ0) is 30.4. The van der Waals surface area contributed by atoms with E-state index in [2.05, 4.69) is 5.32 Å². The number of carbonyl (C=O) groups excluding carboxylic acids is 2. The molecule has 7 nitrogen and oxygen atoms in total. The molecule has 1 N–H and O–H groups in total. The van der Waals surface area contributed by atoms with Gasteiger partial charge in [-0.15, -0.1) is 0 Å². The highest BCUT2D eigenvalue weighted by molar-refractivity contribution is 7.92. The molecular formula is C33H40FN3O4S. The molecule has 1 aliphatic carbocycles. The SMILES string of the molecule is Cc1ccc(S(=O)(=O)N(CC(=O)N(Cc2ccccc2F)[C@@H](C)C(=O)NC2CCCCC2)c2cc(C)ccc2C)cc1. The molecule has 0 unspecified atom stereocenters. The Kier molecular flexibility index (Phi) is 10.0. The molecule has 3 aromatic carbocycles. The third-order valence-electron chi connectivity index (χ3n) is 7.94. The Balaban J connectivity index is 1.72. The van der Waals surface area contributed by atoms with E-state index in [0.29, 0.717) is 11.3 Å². The molecule has 0 heterocycles. The van der Waals surface area contributed by atoms with Crippen molar-refractivity contribution in [1.82, 2.24) is 10.2 Å². The lowest BCUT2D eigenvalue weighted by atomic mass is 9.95. The highest BCUT2D eigenvalue weighted by Crippen LogP contribution is 2.29. The number of hydrogen-bond donors (Lipinski definition) is 1. The Morgan fingerprint density at radius 2 is 1.57 bits per heavy atom. The van der Waals surface area contributed by atoms with Crippen LogP contribution in [0.2, 0.25) is 0 Å². The van der Waals surface area contributed by atoms with Gasteiger partial charge in [0.25, 0.3) is 10.0 Å². The van der Waals surface area contributed by atoms with Gasteiger partial charge in [-0.25, -0.2) is 12.8 Å². The lowest BCUT2D eigenvalue weighted by molar-refractivity contribution is -0.139. The van der Waals surface area contributed by atoms with Crippen LogP contribution in [0.3, 0.4) is 0 Å². The van der Waals surface area contributed by atoms with Crippen molar-refractivity contribution < 1.29 is 22.4 Å². The summed E-state index contributed by atoms with van der Waals surface area (Å²) in [5, 5.41) is 3.06. The number of nitrogens with one attached hydrogen (secondary N) is 1. The summed E-state index contributed by atoms with van der Waals surface area (Å²) in [5.41, 5.74) is 3.01. The van der Waals surface area contributed by atoms with Gasteiger partial charge < -0.3 is 10.2 Å². The Labute approximate surface area is 248 Å². The Hall–Kier alpha value is -3.72. The zero-order valence-electron chi connectivity index (χ0n) is 24.8. The molecule has 224 valence electrons. The van der Waals surface area contributed by atoms with Crippen LogP contribution in [0.25, 0.3) is 0 Å². The molecule has 0 radical (unpaired) electrons. The first-order valence-corrected chi connectivity index (χ1v) is 15.9. The number of anilines is 1. The first-order valence-electron chi connectivity index (χ1n) is 14.5. The van der Waals surface area contributed by atoms with Crippen LogP contribution in [0.4, 0.5) is 10.1 Å². The minimum absolute atomic E-state index is 0.0208. The van der Waals surface area contributed by atoms with E-state index < -0.39 is 34.3 Å². The fourth-order valence-corrected chi connectivity index (χ4v) is 6.77. The van der Waals surface area contributed by atoms with Gasteiger partial charge >= 0.3 is 0 Å². The predicted octanol–water partition coefficient (Wildman–Crippen LogP) is 5.81. The van der Waals surface area contributed by atoms with Crippen molar-refractivity contribution in [2.45, 2.75) is 83.3 Å². The average molecular weight is 594 g/mol. The number of hydrogen-bond acceptors (Lipinski definition) is 4. The number of benzene rings is 3. The third kappa shape index (κ3) is 7.37. The molecule has 1 fully saturated rings. The maximum atomic E-state index is 14.8. The molecule has 1 saturated carbocycles. The summed E-state index contributed by atoms with van der Waals surface area (Å²) in [6, 6.07) is 17.0. The molecular weight excluding hydrogens is 553 g/mol. The summed E-state index contributed by atoms with van der Waals surface area (Å²) in [7, 11) is -4.18. The van der Waals surface area contributed by atoms with E-state index in [1.165, 1.54) is 23.1 Å². The number of amides is 2. The summed E-state index contributed by atoms with van der Waals surface area (Å²) >= 11 is 0. The van der Waals surface area contributed by atoms with Crippen molar-refractivity contribution in [3.8, 4) is 0 Å². The smallest absolute Gasteiger partial charge is 0.264 e. The number of aryl methyl sites for hydroxylation is 3. The summed E-state index contributed by atoms with van der Waals surface area (Å²) in [6.07, 6.45) is 4.92. The summed E-state index contributed by atoms with van der Waals surface area (Å²) in [6.45, 7) is 6.36. The fourth-order valence-electron chi connectivity index (χ4n) is 5.30. The molecule has 42 heavy (non-hydrogen) atoms. The second kappa shape index (κ2) is 13.5. The summed E-state index contributed by atoms with van der Waals surface area (Å²) in [4.78, 5) is 28.9. The van der Waals surface area contributed by atoms with Gasteiger partial charge in [0.05, 0.1) is 10.6 Å². The van der Waals surface area contributed by atoms with E-state index >= 15 is 0 Å². The van der Waals surface area contributed by atoms with Crippen molar-refractivity contribution in [1.29, 1.82) is 0 Å². The highest BCUT2D eigenvalue weighted by atomic mass is 32.2. The standard InChI is InChI=1S/C33H40FN3O4S/c1-23-15-18-29(19-16-23)42(40,41)37(31-20-24(2)14-17-25(31)3)22-32(38)36(21-27-10-8-9-13-30(27)34)26(4)33(39)35-28-11-6-5-7-12-28/h8-10,13-20,26,28H,5-7,11-12,21-22H2,1-4H3,(H,35,39)/t26-/m0/s1. The first-order chi connectivity index (χ1) is 20.0. The molecule has 0 saturated heterocycles. The largest absolute Gasteiger partial charge is 0.352 e. The van der Waals surface area contributed by atoms with Crippen LogP contribution in [0.1, 0.15) is 61.3 Å². The lowest BCUT2D eigenvalue weighted by Gasteiger charge is -2.33. The van der Waals surface area contributed by atoms with E-state index in [9.17, 15) is 22.4 Å². The number of rotatable bonds is 10. The van der Waals surface area contributed by atoms with Gasteiger partial charge in [-0.3, -0.25) is 13.9 Å². The van der Waals surface area contributed by atoms with Crippen LogP contribution in [-0.4, -0.2) is 43.8 Å². The molecule has 1 atom stereocenters. The minimum Gasteiger partial charge on any atom is -0.352 e. The quantitative estimate of drug-likeness (QED) is 0.321. The van der Waals surface area contributed by atoms with Gasteiger partial charge in [0.15, 0.2) is 0 Å². The van der Waals surface area contributed by atoms with Gasteiger partial charge in [0.1, 0.15) is 18.4 Å². The topological polar surface area (TPSA) is 86.8 Å². The predicted molar refractivity (Wildman–Crippen MR) is 163 cm³/mol. The van der Waals surface area contributed by atoms with E-state index in [1.807, 2.05) is 26.0 Å². The Morgan fingerprint density at radius 3 is 2.24 bits per heavy atom. The van der Waals surface area contributed by atoms with Gasteiger partial charge in [-0.2, -0.15) is 0 Å². The molecule has 1 aliphatic rings. The molecule has 0 spiro atoms. The van der Waals surface area contributed by atoms with Crippen molar-refractivity contribution in [2.24, 2.45) is 0 Å². The van der Waals surface area contributed by atoms with Crippen LogP contribution in [0.5, 0.6) is 0 Å². The molecule has 9 heteroatoms. The fraction of sp³-hybridized carbons (Fsp3) is 0.394. The second-order valence-electron chi connectivity index (χ2n) is 11.2. The van der Waals surface area contributed by atoms with Crippen LogP contribution in [0, 0.1) is 26.6 Å². The molecule has 0 aliphatic heterocycles. The van der Waals surface area contributed by atoms with E-state index in [1.54, 1.807) is 50.2 Å².